The van der Waals surface area contributed by atoms with Gasteiger partial charge in [-0.3, -0.25) is 4.79 Å². The highest BCUT2D eigenvalue weighted by Crippen LogP contribution is 2.48. The topological polar surface area (TPSA) is 64.8 Å². The van der Waals surface area contributed by atoms with E-state index in [1.54, 1.807) is 20.3 Å². The van der Waals surface area contributed by atoms with Crippen LogP contribution in [0, 0.1) is 11.8 Å². The average Bonchev–Trinajstić information content (AvgIpc) is 2.65. The van der Waals surface area contributed by atoms with E-state index in [1.807, 2.05) is 12.1 Å². The van der Waals surface area contributed by atoms with Gasteiger partial charge in [0.05, 0.1) is 12.2 Å². The van der Waals surface area contributed by atoms with Crippen molar-refractivity contribution in [2.75, 3.05) is 40.5 Å². The molecule has 0 spiro atoms. The molecular weight excluding hydrogens is 328 g/mol. The number of methoxy groups -OCH3 is 2. The number of nitrogens with zero attached hydrogens (tertiary/aromatic N) is 1. The van der Waals surface area contributed by atoms with E-state index in [1.165, 1.54) is 6.42 Å². The van der Waals surface area contributed by atoms with E-state index in [9.17, 15) is 4.79 Å². The van der Waals surface area contributed by atoms with E-state index in [2.05, 4.69) is 24.8 Å². The molecule has 3 atom stereocenters. The number of nitrogens with two attached hydrogens (primary N) is 1. The molecular formula is C21H34N2O3. The summed E-state index contributed by atoms with van der Waals surface area (Å²) in [5, 5.41) is 0. The van der Waals surface area contributed by atoms with Crippen LogP contribution in [-0.4, -0.2) is 51.3 Å². The Morgan fingerprint density at radius 3 is 2.73 bits per heavy atom. The van der Waals surface area contributed by atoms with Crippen LogP contribution >= 0.6 is 0 Å². The third kappa shape index (κ3) is 4.27. The fourth-order valence-corrected chi connectivity index (χ4v) is 4.56. The lowest BCUT2D eigenvalue weighted by molar-refractivity contribution is -0.133. The van der Waals surface area contributed by atoms with Crippen LogP contribution in [-0.2, 0) is 15.1 Å². The minimum Gasteiger partial charge on any atom is -0.383 e. The van der Waals surface area contributed by atoms with Gasteiger partial charge in [0.1, 0.15) is 0 Å². The molecule has 5 nitrogen and oxygen atoms in total. The Morgan fingerprint density at radius 2 is 2.12 bits per heavy atom. The zero-order chi connectivity index (χ0) is 19.2. The van der Waals surface area contributed by atoms with E-state index in [0.717, 1.165) is 44.6 Å². The fraction of sp³-hybridized carbons (Fsp3) is 0.667. The van der Waals surface area contributed by atoms with E-state index in [4.69, 9.17) is 15.2 Å². The summed E-state index contributed by atoms with van der Waals surface area (Å²) in [7, 11) is 3.54. The molecule has 3 unspecified atom stereocenters. The third-order valence-electron chi connectivity index (χ3n) is 6.00. The first-order valence-corrected chi connectivity index (χ1v) is 9.66. The number of amides is 1. The van der Waals surface area contributed by atoms with Crippen molar-refractivity contribution in [2.45, 2.75) is 38.7 Å². The molecule has 1 amide bonds. The summed E-state index contributed by atoms with van der Waals surface area (Å²) in [5.74, 6) is 0.333. The quantitative estimate of drug-likeness (QED) is 0.733. The summed E-state index contributed by atoms with van der Waals surface area (Å²) in [4.78, 5) is 14.1. The Hall–Kier alpha value is -1.43. The number of hydrogen-bond donors (Lipinski definition) is 1. The van der Waals surface area contributed by atoms with Crippen molar-refractivity contribution in [1.29, 1.82) is 0 Å². The number of carbonyl (C=O) groups excluding carboxylic acids is 1. The van der Waals surface area contributed by atoms with Crippen molar-refractivity contribution in [2.24, 2.45) is 17.6 Å². The smallest absolute Gasteiger partial charge is 0.248 e. The average molecular weight is 363 g/mol. The van der Waals surface area contributed by atoms with Crippen LogP contribution in [0.15, 0.2) is 24.3 Å². The minimum absolute atomic E-state index is 0.358. The number of benzene rings is 1. The van der Waals surface area contributed by atoms with Crippen LogP contribution < -0.4 is 5.73 Å². The van der Waals surface area contributed by atoms with Gasteiger partial charge in [0, 0.05) is 38.8 Å². The fourth-order valence-electron chi connectivity index (χ4n) is 4.56. The summed E-state index contributed by atoms with van der Waals surface area (Å²) < 4.78 is 11.5. The van der Waals surface area contributed by atoms with Gasteiger partial charge in [-0.2, -0.15) is 0 Å². The summed E-state index contributed by atoms with van der Waals surface area (Å²) in [6.07, 6.45) is 3.44. The molecule has 0 saturated heterocycles. The number of hydrogen-bond acceptors (Lipinski definition) is 4. The summed E-state index contributed by atoms with van der Waals surface area (Å²) in [5.41, 5.74) is 6.73. The first-order valence-electron chi connectivity index (χ1n) is 9.66. The number of carbonyl (C=O) groups is 1. The second-order valence-electron chi connectivity index (χ2n) is 7.36. The number of likely N-dealkylation sites (N-methyl/N-ethyl adjacent to an activating group) is 1. The van der Waals surface area contributed by atoms with Crippen molar-refractivity contribution in [3.05, 3.63) is 35.4 Å². The molecule has 0 radical (unpaired) electrons. The predicted molar refractivity (Wildman–Crippen MR) is 104 cm³/mol. The number of primary amides is 1. The Morgan fingerprint density at radius 1 is 1.35 bits per heavy atom. The molecule has 0 heterocycles. The molecule has 0 aromatic heterocycles. The summed E-state index contributed by atoms with van der Waals surface area (Å²) in [6.45, 7) is 8.03. The Labute approximate surface area is 157 Å². The molecule has 2 N–H and O–H groups in total. The maximum atomic E-state index is 11.7. The molecule has 2 rings (SSSR count). The molecule has 0 aliphatic heterocycles. The van der Waals surface area contributed by atoms with Gasteiger partial charge in [-0.05, 0) is 43.0 Å². The van der Waals surface area contributed by atoms with Crippen molar-refractivity contribution in [3.63, 3.8) is 0 Å². The molecule has 26 heavy (non-hydrogen) atoms. The molecule has 1 aliphatic carbocycles. The van der Waals surface area contributed by atoms with Crippen LogP contribution in [0.1, 0.15) is 49.0 Å². The lowest BCUT2D eigenvalue weighted by Crippen LogP contribution is -2.50. The van der Waals surface area contributed by atoms with Crippen LogP contribution in [0.5, 0.6) is 0 Å². The van der Waals surface area contributed by atoms with Gasteiger partial charge >= 0.3 is 0 Å². The standard InChI is InChI=1S/C21H34N2O3/c1-5-23(12-13-25-3)15-19-11-6-8-16(2)21(19,26-4)18-10-7-9-17(14-18)20(22)24/h7,9-10,14,16,19H,5-6,8,11-13,15H2,1-4H3,(H2,22,24). The van der Waals surface area contributed by atoms with Crippen LogP contribution in [0.25, 0.3) is 0 Å². The van der Waals surface area contributed by atoms with Gasteiger partial charge in [-0.25, -0.2) is 0 Å². The molecule has 1 aromatic rings. The van der Waals surface area contributed by atoms with Crippen molar-refractivity contribution in [3.8, 4) is 0 Å². The number of rotatable bonds is 9. The molecule has 0 bridgehead atoms. The first-order chi connectivity index (χ1) is 12.5. The van der Waals surface area contributed by atoms with Crippen molar-refractivity contribution in [1.82, 2.24) is 4.90 Å². The van der Waals surface area contributed by atoms with E-state index >= 15 is 0 Å². The van der Waals surface area contributed by atoms with Gasteiger partial charge in [-0.1, -0.05) is 32.4 Å². The third-order valence-corrected chi connectivity index (χ3v) is 6.00. The lowest BCUT2D eigenvalue weighted by Gasteiger charge is -2.49. The SMILES string of the molecule is CCN(CCOC)CC1CCCC(C)C1(OC)c1cccc(C(N)=O)c1. The Kier molecular flexibility index (Phi) is 7.62. The van der Waals surface area contributed by atoms with Gasteiger partial charge in [-0.15, -0.1) is 0 Å². The van der Waals surface area contributed by atoms with E-state index < -0.39 is 11.5 Å². The van der Waals surface area contributed by atoms with Crippen molar-refractivity contribution >= 4 is 5.91 Å². The maximum Gasteiger partial charge on any atom is 0.248 e. The predicted octanol–water partition coefficient (Wildman–Crippen LogP) is 3.03. The molecule has 1 aromatic carbocycles. The lowest BCUT2D eigenvalue weighted by atomic mass is 9.65. The van der Waals surface area contributed by atoms with Crippen LogP contribution in [0.4, 0.5) is 0 Å². The van der Waals surface area contributed by atoms with Crippen LogP contribution in [0.2, 0.25) is 0 Å². The van der Waals surface area contributed by atoms with Gasteiger partial charge in [0.2, 0.25) is 5.91 Å². The van der Waals surface area contributed by atoms with E-state index in [0.29, 0.717) is 17.4 Å². The largest absolute Gasteiger partial charge is 0.383 e. The van der Waals surface area contributed by atoms with E-state index in [-0.39, 0.29) is 0 Å². The molecule has 1 aliphatic rings. The number of ether oxygens (including phenoxy) is 2. The summed E-state index contributed by atoms with van der Waals surface area (Å²) >= 11 is 0. The highest BCUT2D eigenvalue weighted by molar-refractivity contribution is 5.92. The van der Waals surface area contributed by atoms with Crippen molar-refractivity contribution < 1.29 is 14.3 Å². The van der Waals surface area contributed by atoms with Gasteiger partial charge in [0.15, 0.2) is 0 Å². The second-order valence-corrected chi connectivity index (χ2v) is 7.36. The second kappa shape index (κ2) is 9.49. The zero-order valence-corrected chi connectivity index (χ0v) is 16.7. The molecule has 5 heteroatoms. The molecule has 1 fully saturated rings. The minimum atomic E-state index is -0.399. The maximum absolute atomic E-state index is 11.7. The molecule has 1 saturated carbocycles. The first kappa shape index (κ1) is 20.9. The highest BCUT2D eigenvalue weighted by atomic mass is 16.5. The van der Waals surface area contributed by atoms with Gasteiger partial charge in [0.25, 0.3) is 0 Å². The Balaban J connectivity index is 2.38. The highest BCUT2D eigenvalue weighted by Gasteiger charge is 2.47. The monoisotopic (exact) mass is 362 g/mol. The zero-order valence-electron chi connectivity index (χ0n) is 16.7. The van der Waals surface area contributed by atoms with Crippen LogP contribution in [0.3, 0.4) is 0 Å². The van der Waals surface area contributed by atoms with Gasteiger partial charge < -0.3 is 20.1 Å². The molecule has 146 valence electrons. The Bertz CT molecular complexity index is 592. The summed E-state index contributed by atoms with van der Waals surface area (Å²) in [6, 6.07) is 7.69. The normalized spacial score (nSPS) is 26.2.